The predicted molar refractivity (Wildman–Crippen MR) is 113 cm³/mol. The minimum atomic E-state index is -0.785. The van der Waals surface area contributed by atoms with Crippen LogP contribution < -0.4 is 11.1 Å². The van der Waals surface area contributed by atoms with Gasteiger partial charge in [-0.1, -0.05) is 60.7 Å². The third kappa shape index (κ3) is 6.89. The third-order valence-electron chi connectivity index (χ3n) is 4.67. The first-order valence-corrected chi connectivity index (χ1v) is 9.88. The van der Waals surface area contributed by atoms with Crippen LogP contribution in [0.5, 0.6) is 0 Å². The molecule has 0 aromatic heterocycles. The number of nitrogens with one attached hydrogen (secondary N) is 1. The molecule has 2 amide bonds. The van der Waals surface area contributed by atoms with Gasteiger partial charge in [0, 0.05) is 19.1 Å². The summed E-state index contributed by atoms with van der Waals surface area (Å²) >= 11 is 0. The van der Waals surface area contributed by atoms with Gasteiger partial charge < -0.3 is 20.1 Å². The zero-order valence-corrected chi connectivity index (χ0v) is 16.7. The topological polar surface area (TPSA) is 106 Å². The summed E-state index contributed by atoms with van der Waals surface area (Å²) < 4.78 is 10.5. The van der Waals surface area contributed by atoms with Gasteiger partial charge in [0.2, 0.25) is 5.96 Å². The predicted octanol–water partition coefficient (Wildman–Crippen LogP) is 3.03. The molecule has 1 fully saturated rings. The summed E-state index contributed by atoms with van der Waals surface area (Å²) in [5, 5.41) is 2.57. The number of nitrogens with zero attached hydrogens (tertiary/aromatic N) is 2. The second-order valence-corrected chi connectivity index (χ2v) is 6.99. The highest BCUT2D eigenvalue weighted by Gasteiger charge is 2.22. The zero-order valence-electron chi connectivity index (χ0n) is 16.7. The Balaban J connectivity index is 1.61. The van der Waals surface area contributed by atoms with Crippen LogP contribution >= 0.6 is 0 Å². The summed E-state index contributed by atoms with van der Waals surface area (Å²) in [6, 6.07) is 18.7. The van der Waals surface area contributed by atoms with E-state index in [1.807, 2.05) is 60.7 Å². The van der Waals surface area contributed by atoms with E-state index in [0.29, 0.717) is 13.1 Å². The first-order chi connectivity index (χ1) is 14.6. The molecule has 30 heavy (non-hydrogen) atoms. The van der Waals surface area contributed by atoms with Crippen LogP contribution in [0.15, 0.2) is 65.7 Å². The minimum Gasteiger partial charge on any atom is -0.444 e. The molecule has 3 rings (SSSR count). The molecular formula is C22H26N4O4. The van der Waals surface area contributed by atoms with Crippen LogP contribution in [0.3, 0.4) is 0 Å². The number of likely N-dealkylation sites (tertiary alicyclic amines) is 1. The molecule has 1 aliphatic rings. The van der Waals surface area contributed by atoms with Gasteiger partial charge in [0.15, 0.2) is 0 Å². The molecule has 0 atom stereocenters. The number of amides is 2. The van der Waals surface area contributed by atoms with Gasteiger partial charge in [0.1, 0.15) is 13.2 Å². The molecule has 0 saturated carbocycles. The molecule has 8 heteroatoms. The van der Waals surface area contributed by atoms with Gasteiger partial charge in [-0.15, -0.1) is 4.99 Å². The van der Waals surface area contributed by atoms with Crippen LogP contribution in [0.25, 0.3) is 0 Å². The van der Waals surface area contributed by atoms with E-state index in [9.17, 15) is 9.59 Å². The second-order valence-electron chi connectivity index (χ2n) is 6.99. The molecule has 3 N–H and O–H groups in total. The molecule has 1 aliphatic heterocycles. The van der Waals surface area contributed by atoms with Crippen molar-refractivity contribution in [2.24, 2.45) is 10.7 Å². The SMILES string of the molecule is NC1CCN(/C(=N/C(=O)OCc2ccccc2)NC(=O)OCc2ccccc2)CC1. The fourth-order valence-corrected chi connectivity index (χ4v) is 2.98. The highest BCUT2D eigenvalue weighted by Crippen LogP contribution is 2.10. The maximum atomic E-state index is 12.3. The van der Waals surface area contributed by atoms with Crippen LogP contribution in [0.1, 0.15) is 24.0 Å². The van der Waals surface area contributed by atoms with E-state index < -0.39 is 12.2 Å². The maximum absolute atomic E-state index is 12.3. The van der Waals surface area contributed by atoms with E-state index in [2.05, 4.69) is 10.3 Å². The smallest absolute Gasteiger partial charge is 0.437 e. The zero-order chi connectivity index (χ0) is 21.2. The van der Waals surface area contributed by atoms with Crippen LogP contribution in [-0.4, -0.2) is 42.2 Å². The Labute approximate surface area is 175 Å². The molecule has 158 valence electrons. The maximum Gasteiger partial charge on any atom is 0.437 e. The van der Waals surface area contributed by atoms with Crippen molar-refractivity contribution in [3.63, 3.8) is 0 Å². The minimum absolute atomic E-state index is 0.0950. The third-order valence-corrected chi connectivity index (χ3v) is 4.67. The normalized spacial score (nSPS) is 14.8. The second kappa shape index (κ2) is 11.0. The quantitative estimate of drug-likeness (QED) is 0.593. The molecule has 1 saturated heterocycles. The Kier molecular flexibility index (Phi) is 7.79. The lowest BCUT2D eigenvalue weighted by Crippen LogP contribution is -2.50. The first-order valence-electron chi connectivity index (χ1n) is 9.88. The average Bonchev–Trinajstić information content (AvgIpc) is 2.78. The van der Waals surface area contributed by atoms with Gasteiger partial charge in [0.25, 0.3) is 0 Å². The Hall–Kier alpha value is -3.39. The Morgan fingerprint density at radius 2 is 1.47 bits per heavy atom. The fourth-order valence-electron chi connectivity index (χ4n) is 2.98. The van der Waals surface area contributed by atoms with Crippen LogP contribution in [0, 0.1) is 0 Å². The van der Waals surface area contributed by atoms with Crippen molar-refractivity contribution in [1.82, 2.24) is 10.2 Å². The summed E-state index contributed by atoms with van der Waals surface area (Å²) in [4.78, 5) is 30.3. The molecule has 0 radical (unpaired) electrons. The number of hydrogen-bond acceptors (Lipinski definition) is 5. The van der Waals surface area contributed by atoms with Gasteiger partial charge in [-0.05, 0) is 24.0 Å². The number of aliphatic imine (C=N–C) groups is 1. The number of rotatable bonds is 4. The Morgan fingerprint density at radius 1 is 0.933 bits per heavy atom. The number of carbonyl (C=O) groups is 2. The van der Waals surface area contributed by atoms with Crippen molar-refractivity contribution in [3.05, 3.63) is 71.8 Å². The monoisotopic (exact) mass is 410 g/mol. The Bertz CT molecular complexity index is 850. The van der Waals surface area contributed by atoms with Gasteiger partial charge >= 0.3 is 12.2 Å². The number of piperidine rings is 1. The van der Waals surface area contributed by atoms with E-state index in [1.165, 1.54) is 0 Å². The summed E-state index contributed by atoms with van der Waals surface area (Å²) in [7, 11) is 0. The summed E-state index contributed by atoms with van der Waals surface area (Å²) in [5.41, 5.74) is 7.66. The van der Waals surface area contributed by atoms with Gasteiger partial charge in [-0.25, -0.2) is 9.59 Å². The Morgan fingerprint density at radius 3 is 2.03 bits per heavy atom. The van der Waals surface area contributed by atoms with Crippen molar-refractivity contribution >= 4 is 18.1 Å². The number of nitrogens with two attached hydrogens (primary N) is 1. The summed E-state index contributed by atoms with van der Waals surface area (Å²) in [6.45, 7) is 1.36. The largest absolute Gasteiger partial charge is 0.444 e. The van der Waals surface area contributed by atoms with Crippen molar-refractivity contribution in [2.75, 3.05) is 13.1 Å². The number of benzene rings is 2. The molecular weight excluding hydrogens is 384 g/mol. The lowest BCUT2D eigenvalue weighted by atomic mass is 10.1. The van der Waals surface area contributed by atoms with Crippen molar-refractivity contribution in [1.29, 1.82) is 0 Å². The number of ether oxygens (including phenoxy) is 2. The number of hydrogen-bond donors (Lipinski definition) is 2. The van der Waals surface area contributed by atoms with Gasteiger partial charge in [-0.2, -0.15) is 0 Å². The molecule has 2 aromatic rings. The van der Waals surface area contributed by atoms with Crippen molar-refractivity contribution < 1.29 is 19.1 Å². The first kappa shape index (κ1) is 21.3. The molecule has 0 aliphatic carbocycles. The highest BCUT2D eigenvalue weighted by atomic mass is 16.6. The molecule has 2 aromatic carbocycles. The van der Waals surface area contributed by atoms with Crippen LogP contribution in [0.2, 0.25) is 0 Å². The molecule has 0 spiro atoms. The van der Waals surface area contributed by atoms with Gasteiger partial charge in [0.05, 0.1) is 0 Å². The standard InChI is InChI=1S/C22H26N4O4/c23-19-11-13-26(14-12-19)20(24-21(27)29-15-17-7-3-1-4-8-17)25-22(28)30-16-18-9-5-2-6-10-18/h1-10,19H,11-16,23H2,(H,24,25,27,28). The lowest BCUT2D eigenvalue weighted by Gasteiger charge is -2.32. The number of carbonyl (C=O) groups excluding carboxylic acids is 2. The number of alkyl carbamates (subject to hydrolysis) is 1. The molecule has 1 heterocycles. The lowest BCUT2D eigenvalue weighted by molar-refractivity contribution is 0.142. The number of guanidine groups is 1. The van der Waals surface area contributed by atoms with E-state index in [-0.39, 0.29) is 25.2 Å². The van der Waals surface area contributed by atoms with Crippen molar-refractivity contribution in [3.8, 4) is 0 Å². The van der Waals surface area contributed by atoms with E-state index >= 15 is 0 Å². The average molecular weight is 410 g/mol. The van der Waals surface area contributed by atoms with E-state index in [4.69, 9.17) is 15.2 Å². The fraction of sp³-hybridized carbons (Fsp3) is 0.318. The van der Waals surface area contributed by atoms with Crippen LogP contribution in [0.4, 0.5) is 9.59 Å². The summed E-state index contributed by atoms with van der Waals surface area (Å²) in [6.07, 6.45) is -0.00657. The van der Waals surface area contributed by atoms with E-state index in [0.717, 1.165) is 24.0 Å². The summed E-state index contributed by atoms with van der Waals surface area (Å²) in [5.74, 6) is 0.109. The van der Waals surface area contributed by atoms with Crippen molar-refractivity contribution in [2.45, 2.75) is 32.1 Å². The molecule has 8 nitrogen and oxygen atoms in total. The highest BCUT2D eigenvalue weighted by molar-refractivity contribution is 5.98. The van der Waals surface area contributed by atoms with Crippen LogP contribution in [-0.2, 0) is 22.7 Å². The molecule has 0 bridgehead atoms. The van der Waals surface area contributed by atoms with E-state index in [1.54, 1.807) is 4.90 Å². The van der Waals surface area contributed by atoms with Gasteiger partial charge in [-0.3, -0.25) is 5.32 Å². The molecule has 0 unspecified atom stereocenters.